The molecule has 0 radical (unpaired) electrons. The van der Waals surface area contributed by atoms with Crippen LogP contribution in [0.25, 0.3) is 0 Å². The lowest BCUT2D eigenvalue weighted by Crippen LogP contribution is -2.12. The van der Waals surface area contributed by atoms with Crippen LogP contribution in [0.3, 0.4) is 0 Å². The number of nitriles is 1. The van der Waals surface area contributed by atoms with E-state index in [0.717, 1.165) is 22.5 Å². The third-order valence-corrected chi connectivity index (χ3v) is 3.18. The van der Waals surface area contributed by atoms with Gasteiger partial charge in [0.25, 0.3) is 0 Å². The molecule has 1 heterocycles. The highest BCUT2D eigenvalue weighted by atomic mass is 14.9. The Morgan fingerprint density at radius 3 is 1.89 bits per heavy atom. The van der Waals surface area contributed by atoms with Crippen molar-refractivity contribution in [3.8, 4) is 6.07 Å². The van der Waals surface area contributed by atoms with Gasteiger partial charge in [-0.25, -0.2) is 0 Å². The predicted octanol–water partition coefficient (Wildman–Crippen LogP) is 2.56. The molecule has 0 saturated carbocycles. The maximum absolute atomic E-state index is 9.38. The quantitative estimate of drug-likeness (QED) is 0.613. The summed E-state index contributed by atoms with van der Waals surface area (Å²) in [6, 6.07) is 13.4. The molecule has 2 aromatic carbocycles. The molecule has 5 N–H and O–H groups in total. The van der Waals surface area contributed by atoms with Crippen molar-refractivity contribution in [1.82, 2.24) is 0 Å². The van der Waals surface area contributed by atoms with Crippen LogP contribution in [0.1, 0.15) is 17.0 Å². The van der Waals surface area contributed by atoms with Crippen LogP contribution in [0.2, 0.25) is 0 Å². The molecule has 0 spiro atoms. The van der Waals surface area contributed by atoms with Gasteiger partial charge < -0.3 is 16.8 Å². The summed E-state index contributed by atoms with van der Waals surface area (Å²) < 4.78 is 0. The number of fused-ring (bicyclic) bond motifs is 2. The number of nitrogens with two attached hydrogens (primary N) is 2. The number of anilines is 4. The largest absolute Gasteiger partial charge is 0.399 e. The van der Waals surface area contributed by atoms with E-state index >= 15 is 0 Å². The topological polar surface area (TPSA) is 87.9 Å². The Morgan fingerprint density at radius 1 is 0.944 bits per heavy atom. The van der Waals surface area contributed by atoms with Gasteiger partial charge in [-0.2, -0.15) is 5.26 Å². The van der Waals surface area contributed by atoms with E-state index < -0.39 is 0 Å². The van der Waals surface area contributed by atoms with Gasteiger partial charge in [0.05, 0.1) is 6.07 Å². The van der Waals surface area contributed by atoms with Gasteiger partial charge >= 0.3 is 0 Å². The van der Waals surface area contributed by atoms with Gasteiger partial charge in [0, 0.05) is 22.7 Å². The van der Waals surface area contributed by atoms with E-state index in [-0.39, 0.29) is 5.92 Å². The monoisotopic (exact) mass is 236 g/mol. The Hall–Kier alpha value is -2.67. The average molecular weight is 236 g/mol. The molecule has 0 aliphatic carbocycles. The molecule has 0 aromatic heterocycles. The Labute approximate surface area is 105 Å². The number of nitrogens with one attached hydrogen (secondary N) is 1. The highest BCUT2D eigenvalue weighted by molar-refractivity contribution is 5.78. The third-order valence-electron chi connectivity index (χ3n) is 3.18. The van der Waals surface area contributed by atoms with E-state index in [4.69, 9.17) is 11.5 Å². The molecular weight excluding hydrogens is 224 g/mol. The van der Waals surface area contributed by atoms with Crippen LogP contribution in [0, 0.1) is 11.3 Å². The summed E-state index contributed by atoms with van der Waals surface area (Å²) >= 11 is 0. The normalized spacial score (nSPS) is 13.1. The van der Waals surface area contributed by atoms with E-state index in [0.29, 0.717) is 11.4 Å². The first-order valence-corrected chi connectivity index (χ1v) is 5.64. The number of benzene rings is 2. The second-order valence-electron chi connectivity index (χ2n) is 4.38. The molecule has 0 amide bonds. The van der Waals surface area contributed by atoms with E-state index in [1.54, 1.807) is 0 Å². The summed E-state index contributed by atoms with van der Waals surface area (Å²) in [6.07, 6.45) is 0. The van der Waals surface area contributed by atoms with Crippen molar-refractivity contribution >= 4 is 22.7 Å². The molecule has 0 saturated heterocycles. The molecule has 0 unspecified atom stereocenters. The minimum absolute atomic E-state index is 0.280. The highest BCUT2D eigenvalue weighted by Crippen LogP contribution is 2.42. The minimum Gasteiger partial charge on any atom is -0.399 e. The lowest BCUT2D eigenvalue weighted by molar-refractivity contribution is 1.02. The lowest BCUT2D eigenvalue weighted by atomic mass is 9.86. The molecule has 4 heteroatoms. The first-order valence-electron chi connectivity index (χ1n) is 5.64. The van der Waals surface area contributed by atoms with Crippen LogP contribution in [-0.4, -0.2) is 0 Å². The number of rotatable bonds is 0. The fourth-order valence-corrected chi connectivity index (χ4v) is 2.32. The van der Waals surface area contributed by atoms with Crippen molar-refractivity contribution in [1.29, 1.82) is 5.26 Å². The van der Waals surface area contributed by atoms with E-state index in [1.807, 2.05) is 36.4 Å². The van der Waals surface area contributed by atoms with Crippen molar-refractivity contribution in [3.05, 3.63) is 47.5 Å². The fraction of sp³-hybridized carbons (Fsp3) is 0.0714. The van der Waals surface area contributed by atoms with Crippen molar-refractivity contribution in [3.63, 3.8) is 0 Å². The smallest absolute Gasteiger partial charge is 0.100 e. The summed E-state index contributed by atoms with van der Waals surface area (Å²) in [6.45, 7) is 0. The number of hydrogen-bond acceptors (Lipinski definition) is 4. The Morgan fingerprint density at radius 2 is 1.44 bits per heavy atom. The highest BCUT2D eigenvalue weighted by Gasteiger charge is 2.25. The van der Waals surface area contributed by atoms with Crippen LogP contribution in [0.5, 0.6) is 0 Å². The second-order valence-corrected chi connectivity index (χ2v) is 4.38. The van der Waals surface area contributed by atoms with Crippen molar-refractivity contribution in [2.75, 3.05) is 16.8 Å². The van der Waals surface area contributed by atoms with Gasteiger partial charge in [-0.05, 0) is 35.4 Å². The molecule has 4 nitrogen and oxygen atoms in total. The van der Waals surface area contributed by atoms with E-state index in [9.17, 15) is 5.26 Å². The van der Waals surface area contributed by atoms with E-state index in [1.165, 1.54) is 0 Å². The fourth-order valence-electron chi connectivity index (χ4n) is 2.32. The first-order chi connectivity index (χ1) is 8.69. The van der Waals surface area contributed by atoms with Crippen LogP contribution < -0.4 is 16.8 Å². The minimum atomic E-state index is -0.280. The zero-order valence-electron chi connectivity index (χ0n) is 9.64. The van der Waals surface area contributed by atoms with Crippen molar-refractivity contribution in [2.45, 2.75) is 5.92 Å². The second kappa shape index (κ2) is 3.67. The average Bonchev–Trinajstić information content (AvgIpc) is 2.35. The van der Waals surface area contributed by atoms with Gasteiger partial charge in [0.15, 0.2) is 0 Å². The molecule has 1 aliphatic heterocycles. The van der Waals surface area contributed by atoms with Crippen LogP contribution in [-0.2, 0) is 0 Å². The Bertz CT molecular complexity index is 618. The molecule has 1 aliphatic rings. The van der Waals surface area contributed by atoms with Gasteiger partial charge in [0.2, 0.25) is 0 Å². The van der Waals surface area contributed by atoms with Crippen LogP contribution >= 0.6 is 0 Å². The molecule has 3 rings (SSSR count). The van der Waals surface area contributed by atoms with Crippen LogP contribution in [0.15, 0.2) is 36.4 Å². The summed E-state index contributed by atoms with van der Waals surface area (Å²) in [4.78, 5) is 0. The SMILES string of the molecule is N#CC1c2ccc(N)cc2Nc2cc(N)ccc21. The molecule has 0 bridgehead atoms. The molecule has 0 fully saturated rings. The summed E-state index contributed by atoms with van der Waals surface area (Å²) in [5.41, 5.74) is 16.5. The molecular formula is C14H12N4. The third kappa shape index (κ3) is 1.45. The van der Waals surface area contributed by atoms with Gasteiger partial charge in [0.1, 0.15) is 5.92 Å². The number of nitrogens with zero attached hydrogens (tertiary/aromatic N) is 1. The number of nitrogen functional groups attached to an aromatic ring is 2. The van der Waals surface area contributed by atoms with Gasteiger partial charge in [-0.1, -0.05) is 12.1 Å². The Balaban J connectivity index is 2.22. The van der Waals surface area contributed by atoms with Crippen LogP contribution in [0.4, 0.5) is 22.7 Å². The summed E-state index contributed by atoms with van der Waals surface area (Å²) in [5, 5.41) is 12.7. The molecule has 2 aromatic rings. The maximum Gasteiger partial charge on any atom is 0.100 e. The summed E-state index contributed by atoms with van der Waals surface area (Å²) in [5.74, 6) is -0.280. The zero-order valence-corrected chi connectivity index (χ0v) is 9.64. The van der Waals surface area contributed by atoms with Gasteiger partial charge in [-0.15, -0.1) is 0 Å². The standard InChI is InChI=1S/C14H12N4/c15-7-12-10-3-1-8(16)5-13(10)18-14-6-9(17)2-4-11(12)14/h1-6,12,18H,16-17H2. The molecule has 88 valence electrons. The number of hydrogen-bond donors (Lipinski definition) is 3. The Kier molecular flexibility index (Phi) is 2.14. The van der Waals surface area contributed by atoms with Crippen molar-refractivity contribution in [2.24, 2.45) is 0 Å². The zero-order chi connectivity index (χ0) is 12.7. The van der Waals surface area contributed by atoms with E-state index in [2.05, 4.69) is 11.4 Å². The summed E-state index contributed by atoms with van der Waals surface area (Å²) in [7, 11) is 0. The maximum atomic E-state index is 9.38. The van der Waals surface area contributed by atoms with Gasteiger partial charge in [-0.3, -0.25) is 0 Å². The first kappa shape index (κ1) is 10.5. The predicted molar refractivity (Wildman–Crippen MR) is 72.4 cm³/mol. The molecule has 18 heavy (non-hydrogen) atoms. The van der Waals surface area contributed by atoms with Crippen molar-refractivity contribution < 1.29 is 0 Å². The lowest BCUT2D eigenvalue weighted by Gasteiger charge is -2.25. The molecule has 0 atom stereocenters.